The zero-order valence-electron chi connectivity index (χ0n) is 27.0. The van der Waals surface area contributed by atoms with E-state index in [9.17, 15) is 19.7 Å². The van der Waals surface area contributed by atoms with Gasteiger partial charge in [0.05, 0.1) is 10.4 Å². The van der Waals surface area contributed by atoms with Crippen molar-refractivity contribution in [2.75, 3.05) is 25.4 Å². The topological polar surface area (TPSA) is 127 Å². The van der Waals surface area contributed by atoms with Crippen molar-refractivity contribution in [2.24, 2.45) is 0 Å². The van der Waals surface area contributed by atoms with E-state index in [0.717, 1.165) is 40.7 Å². The van der Waals surface area contributed by atoms with Crippen LogP contribution in [0, 0.1) is 17.0 Å². The number of fused-ring (bicyclic) bond motifs is 3. The van der Waals surface area contributed by atoms with Gasteiger partial charge in [0.2, 0.25) is 17.0 Å². The van der Waals surface area contributed by atoms with Crippen LogP contribution >= 0.6 is 11.8 Å². The number of amides is 2. The molecule has 5 aromatic rings. The Hall–Kier alpha value is -5.10. The summed E-state index contributed by atoms with van der Waals surface area (Å²) in [6.07, 6.45) is 5.17. The molecule has 0 spiro atoms. The zero-order chi connectivity index (χ0) is 33.6. The molecule has 12 heteroatoms. The number of thioether (sulfide) groups is 1. The van der Waals surface area contributed by atoms with Crippen LogP contribution in [0.5, 0.6) is 0 Å². The van der Waals surface area contributed by atoms with Gasteiger partial charge in [0, 0.05) is 68.0 Å². The fourth-order valence-corrected chi connectivity index (χ4v) is 6.87. The van der Waals surface area contributed by atoms with E-state index < -0.39 is 4.92 Å². The summed E-state index contributed by atoms with van der Waals surface area (Å²) in [7, 11) is 0. The van der Waals surface area contributed by atoms with E-state index >= 15 is 0 Å². The highest BCUT2D eigenvalue weighted by Crippen LogP contribution is 2.28. The molecule has 6 rings (SSSR count). The molecular formula is C36H37N7O4S. The number of aromatic nitrogens is 4. The number of carbonyl (C=O) groups excluding carboxylic acids is 2. The van der Waals surface area contributed by atoms with Crippen LogP contribution < -0.4 is 0 Å². The molecule has 11 nitrogen and oxygen atoms in total. The van der Waals surface area contributed by atoms with E-state index in [1.54, 1.807) is 34.9 Å². The van der Waals surface area contributed by atoms with Crippen molar-refractivity contribution in [1.82, 2.24) is 29.5 Å². The monoisotopic (exact) mass is 663 g/mol. The lowest BCUT2D eigenvalue weighted by Crippen LogP contribution is -2.55. The van der Waals surface area contributed by atoms with E-state index in [1.807, 2.05) is 24.0 Å². The van der Waals surface area contributed by atoms with E-state index in [-0.39, 0.29) is 23.5 Å². The lowest BCUT2D eigenvalue weighted by atomic mass is 10.1. The third-order valence-electron chi connectivity index (χ3n) is 8.58. The van der Waals surface area contributed by atoms with Crippen LogP contribution in [0.1, 0.15) is 42.9 Å². The van der Waals surface area contributed by atoms with Crippen molar-refractivity contribution in [1.29, 1.82) is 0 Å². The molecule has 48 heavy (non-hydrogen) atoms. The predicted molar refractivity (Wildman–Crippen MR) is 188 cm³/mol. The number of carbonyl (C=O) groups is 2. The number of nitrogens with zero attached hydrogens (tertiary/aromatic N) is 7. The Balaban J connectivity index is 0.982. The summed E-state index contributed by atoms with van der Waals surface area (Å²) in [6, 6.07) is 22.6. The van der Waals surface area contributed by atoms with Crippen molar-refractivity contribution in [3.8, 4) is 0 Å². The number of rotatable bonds is 11. The normalized spacial score (nSPS) is 15.1. The Morgan fingerprint density at radius 3 is 2.60 bits per heavy atom. The van der Waals surface area contributed by atoms with E-state index in [4.69, 9.17) is 4.98 Å². The van der Waals surface area contributed by atoms with Gasteiger partial charge in [-0.15, -0.1) is 10.2 Å². The maximum atomic E-state index is 13.0. The summed E-state index contributed by atoms with van der Waals surface area (Å²) in [5.74, 6) is 0.731. The van der Waals surface area contributed by atoms with E-state index in [1.165, 1.54) is 29.3 Å². The van der Waals surface area contributed by atoms with Crippen LogP contribution in [0.25, 0.3) is 28.1 Å². The van der Waals surface area contributed by atoms with Gasteiger partial charge in [-0.25, -0.2) is 4.98 Å². The van der Waals surface area contributed by atoms with Crippen LogP contribution in [0.4, 0.5) is 5.69 Å². The van der Waals surface area contributed by atoms with Gasteiger partial charge in [0.15, 0.2) is 5.65 Å². The second-order valence-electron chi connectivity index (χ2n) is 12.1. The molecule has 2 aromatic heterocycles. The second-order valence-corrected chi connectivity index (χ2v) is 13.1. The predicted octanol–water partition coefficient (Wildman–Crippen LogP) is 6.28. The number of non-ortho nitro benzene ring substituents is 1. The Kier molecular flexibility index (Phi) is 10.1. The zero-order valence-corrected chi connectivity index (χ0v) is 27.8. The summed E-state index contributed by atoms with van der Waals surface area (Å²) < 4.78 is 2.21. The molecule has 3 aromatic carbocycles. The lowest BCUT2D eigenvalue weighted by molar-refractivity contribution is -0.384. The highest BCUT2D eigenvalue weighted by Gasteiger charge is 2.28. The van der Waals surface area contributed by atoms with Gasteiger partial charge in [-0.1, -0.05) is 59.8 Å². The van der Waals surface area contributed by atoms with E-state index in [0.29, 0.717) is 43.3 Å². The number of aryl methyl sites for hydroxylation is 1. The molecule has 1 aliphatic rings. The third kappa shape index (κ3) is 7.54. The third-order valence-corrected chi connectivity index (χ3v) is 9.50. The molecule has 1 aliphatic heterocycles. The maximum Gasteiger partial charge on any atom is 0.269 e. The van der Waals surface area contributed by atoms with Gasteiger partial charge in [-0.05, 0) is 62.1 Å². The molecule has 246 valence electrons. The molecule has 1 atom stereocenters. The molecule has 0 radical (unpaired) electrons. The fourth-order valence-electron chi connectivity index (χ4n) is 6.09. The first kappa shape index (κ1) is 32.8. The number of hydrogen-bond acceptors (Lipinski definition) is 8. The molecule has 1 unspecified atom stereocenters. The Morgan fingerprint density at radius 1 is 1.02 bits per heavy atom. The summed E-state index contributed by atoms with van der Waals surface area (Å²) in [5, 5.41) is 21.5. The van der Waals surface area contributed by atoms with E-state index in [2.05, 4.69) is 58.1 Å². The van der Waals surface area contributed by atoms with Crippen molar-refractivity contribution in [2.45, 2.75) is 50.9 Å². The number of nitro benzene ring substituents is 1. The van der Waals surface area contributed by atoms with Gasteiger partial charge < -0.3 is 14.4 Å². The minimum Gasteiger partial charge on any atom is -0.339 e. The Bertz CT molecular complexity index is 1990. The first-order chi connectivity index (χ1) is 23.3. The minimum atomic E-state index is -0.456. The Labute approximate surface area is 282 Å². The largest absolute Gasteiger partial charge is 0.339 e. The molecule has 1 saturated heterocycles. The van der Waals surface area contributed by atoms with Crippen molar-refractivity contribution < 1.29 is 14.5 Å². The minimum absolute atomic E-state index is 0.00456. The van der Waals surface area contributed by atoms with Gasteiger partial charge in [-0.3, -0.25) is 19.7 Å². The van der Waals surface area contributed by atoms with Crippen molar-refractivity contribution >= 4 is 57.4 Å². The second kappa shape index (κ2) is 14.8. The van der Waals surface area contributed by atoms with Gasteiger partial charge in [0.1, 0.15) is 5.52 Å². The van der Waals surface area contributed by atoms with Gasteiger partial charge in [0.25, 0.3) is 5.69 Å². The number of unbranched alkanes of at least 4 members (excludes halogenated alkanes) is 1. The summed E-state index contributed by atoms with van der Waals surface area (Å²) >= 11 is 1.56. The van der Waals surface area contributed by atoms with Crippen molar-refractivity contribution in [3.63, 3.8) is 0 Å². The van der Waals surface area contributed by atoms with Crippen LogP contribution in [0.3, 0.4) is 0 Å². The molecule has 3 heterocycles. The standard InChI is InChI=1S/C36H37N7O4S/c1-25-8-7-9-28(22-25)24-42-31-11-4-3-10-30(31)34-35(42)37-36(39-38-34)48-21-6-5-12-32(44)40-19-20-41(26(2)23-40)33(45)18-15-27-13-16-29(17-14-27)43(46)47/h3-4,7-11,13-18,22,26H,5-6,12,19-21,23-24H2,1-2H3/b18-15+. The maximum absolute atomic E-state index is 13.0. The average molecular weight is 664 g/mol. The molecule has 1 fully saturated rings. The number of piperazine rings is 1. The van der Waals surface area contributed by atoms with Crippen LogP contribution in [-0.4, -0.2) is 77.7 Å². The molecule has 0 N–H and O–H groups in total. The summed E-state index contributed by atoms with van der Waals surface area (Å²) in [4.78, 5) is 44.7. The molecular weight excluding hydrogens is 627 g/mol. The van der Waals surface area contributed by atoms with Crippen molar-refractivity contribution in [3.05, 3.63) is 106 Å². The summed E-state index contributed by atoms with van der Waals surface area (Å²) in [6.45, 7) is 6.17. The number of para-hydroxylation sites is 1. The van der Waals surface area contributed by atoms with Gasteiger partial charge in [-0.2, -0.15) is 0 Å². The number of nitro groups is 1. The first-order valence-corrected chi connectivity index (χ1v) is 17.1. The highest BCUT2D eigenvalue weighted by molar-refractivity contribution is 7.99. The molecule has 2 amide bonds. The summed E-state index contributed by atoms with van der Waals surface area (Å²) in [5.41, 5.74) is 5.82. The molecule has 0 saturated carbocycles. The molecule has 0 aliphatic carbocycles. The fraction of sp³-hybridized carbons (Fsp3) is 0.306. The first-order valence-electron chi connectivity index (χ1n) is 16.1. The van der Waals surface area contributed by atoms with Gasteiger partial charge >= 0.3 is 0 Å². The lowest BCUT2D eigenvalue weighted by Gasteiger charge is -2.39. The number of benzene rings is 3. The van der Waals surface area contributed by atoms with Crippen LogP contribution in [0.2, 0.25) is 0 Å². The SMILES string of the molecule is Cc1cccc(Cn2c3ccccc3c3nnc(SCCCCC(=O)N4CCN(C(=O)/C=C/c5ccc([N+](=O)[O-])cc5)C(C)C4)nc32)c1. The van der Waals surface area contributed by atoms with Crippen LogP contribution in [0.15, 0.2) is 84.0 Å². The molecule has 0 bridgehead atoms. The smallest absolute Gasteiger partial charge is 0.269 e. The van der Waals surface area contributed by atoms with Crippen LogP contribution in [-0.2, 0) is 16.1 Å². The number of hydrogen-bond donors (Lipinski definition) is 0. The quantitative estimate of drug-likeness (QED) is 0.0531. The highest BCUT2D eigenvalue weighted by atomic mass is 32.2. The average Bonchev–Trinajstić information content (AvgIpc) is 3.39. The Morgan fingerprint density at radius 2 is 1.83 bits per heavy atom.